The lowest BCUT2D eigenvalue weighted by atomic mass is 10.2. The molecule has 1 saturated heterocycles. The summed E-state index contributed by atoms with van der Waals surface area (Å²) in [6, 6.07) is 6.52. The Hall–Kier alpha value is -1.21. The van der Waals surface area contributed by atoms with Gasteiger partial charge in [-0.2, -0.15) is 8.78 Å². The van der Waals surface area contributed by atoms with Crippen LogP contribution in [0, 0.1) is 0 Å². The normalized spacial score (nSPS) is 16.9. The topological polar surface area (TPSA) is 74.2 Å². The first-order valence-electron chi connectivity index (χ1n) is 9.25. The molecule has 11 heteroatoms. The van der Waals surface area contributed by atoms with Crippen molar-refractivity contribution in [3.63, 3.8) is 0 Å². The minimum Gasteiger partial charge on any atom is -0.435 e. The molecule has 1 aliphatic heterocycles. The maximum absolute atomic E-state index is 12.2. The van der Waals surface area contributed by atoms with Gasteiger partial charge in [-0.15, -0.1) is 24.0 Å². The SMILES string of the molecule is CCNC(=NCCN1CCS(=O)(=O)CC1)N(C)Cc1ccc(OC(F)F)cc1.I. The second-order valence-corrected chi connectivity index (χ2v) is 8.91. The molecule has 0 unspecified atom stereocenters. The average molecular weight is 546 g/mol. The first kappa shape index (κ1) is 25.8. The van der Waals surface area contributed by atoms with Gasteiger partial charge in [0.2, 0.25) is 0 Å². The van der Waals surface area contributed by atoms with E-state index in [1.165, 1.54) is 12.1 Å². The number of nitrogens with one attached hydrogen (secondary N) is 1. The molecule has 29 heavy (non-hydrogen) atoms. The summed E-state index contributed by atoms with van der Waals surface area (Å²) in [4.78, 5) is 8.67. The monoisotopic (exact) mass is 546 g/mol. The Balaban J connectivity index is 0.00000420. The zero-order chi connectivity index (χ0) is 20.6. The Kier molecular flexibility index (Phi) is 11.1. The summed E-state index contributed by atoms with van der Waals surface area (Å²) in [5.74, 6) is 1.29. The van der Waals surface area contributed by atoms with Gasteiger partial charge in [0, 0.05) is 39.8 Å². The predicted octanol–water partition coefficient (Wildman–Crippen LogP) is 2.03. The largest absolute Gasteiger partial charge is 0.435 e. The average Bonchev–Trinajstić information content (AvgIpc) is 2.63. The maximum atomic E-state index is 12.2. The van der Waals surface area contributed by atoms with Crippen LogP contribution in [0.2, 0.25) is 0 Å². The van der Waals surface area contributed by atoms with Crippen molar-refractivity contribution in [3.05, 3.63) is 29.8 Å². The number of rotatable bonds is 8. The molecule has 166 valence electrons. The highest BCUT2D eigenvalue weighted by Gasteiger charge is 2.21. The van der Waals surface area contributed by atoms with E-state index in [1.807, 2.05) is 18.9 Å². The maximum Gasteiger partial charge on any atom is 0.387 e. The standard InChI is InChI=1S/C18H28F2N4O3S.HI/c1-3-21-18(22-8-9-24-10-12-28(25,26)13-11-24)23(2)14-15-4-6-16(7-5-15)27-17(19)20;/h4-7,17H,3,8-14H2,1-2H3,(H,21,22);1H. The van der Waals surface area contributed by atoms with E-state index in [0.717, 1.165) is 11.5 Å². The molecule has 0 spiro atoms. The first-order valence-corrected chi connectivity index (χ1v) is 11.1. The summed E-state index contributed by atoms with van der Waals surface area (Å²) in [6.07, 6.45) is 0. The molecular formula is C18H29F2IN4O3S. The van der Waals surface area contributed by atoms with Crippen molar-refractivity contribution in [2.45, 2.75) is 20.1 Å². The van der Waals surface area contributed by atoms with E-state index in [2.05, 4.69) is 19.9 Å². The van der Waals surface area contributed by atoms with Crippen molar-refractivity contribution >= 4 is 39.8 Å². The van der Waals surface area contributed by atoms with Crippen molar-refractivity contribution < 1.29 is 21.9 Å². The van der Waals surface area contributed by atoms with Crippen LogP contribution >= 0.6 is 24.0 Å². The predicted molar refractivity (Wildman–Crippen MR) is 121 cm³/mol. The van der Waals surface area contributed by atoms with E-state index in [-0.39, 0.29) is 41.2 Å². The highest BCUT2D eigenvalue weighted by Crippen LogP contribution is 2.15. The molecule has 1 N–H and O–H groups in total. The number of halogens is 3. The molecular weight excluding hydrogens is 517 g/mol. The molecule has 7 nitrogen and oxygen atoms in total. The van der Waals surface area contributed by atoms with Crippen LogP contribution in [-0.2, 0) is 16.4 Å². The van der Waals surface area contributed by atoms with Crippen molar-refractivity contribution in [2.24, 2.45) is 4.99 Å². The second-order valence-electron chi connectivity index (χ2n) is 6.61. The van der Waals surface area contributed by atoms with Crippen LogP contribution < -0.4 is 10.1 Å². The Morgan fingerprint density at radius 1 is 1.28 bits per heavy atom. The number of benzene rings is 1. The van der Waals surface area contributed by atoms with Crippen LogP contribution in [0.1, 0.15) is 12.5 Å². The molecule has 1 heterocycles. The molecule has 0 aliphatic carbocycles. The second kappa shape index (κ2) is 12.5. The molecule has 1 aromatic rings. The molecule has 1 fully saturated rings. The molecule has 0 amide bonds. The van der Waals surface area contributed by atoms with Gasteiger partial charge in [-0.1, -0.05) is 12.1 Å². The molecule has 2 rings (SSSR count). The number of alkyl halides is 2. The van der Waals surface area contributed by atoms with E-state index in [9.17, 15) is 17.2 Å². The zero-order valence-electron chi connectivity index (χ0n) is 16.7. The summed E-state index contributed by atoms with van der Waals surface area (Å²) in [7, 11) is -0.971. The van der Waals surface area contributed by atoms with Gasteiger partial charge in [0.1, 0.15) is 5.75 Å². The number of aliphatic imine (C=N–C) groups is 1. The lowest BCUT2D eigenvalue weighted by Gasteiger charge is -2.26. The molecule has 1 aromatic carbocycles. The lowest BCUT2D eigenvalue weighted by molar-refractivity contribution is -0.0498. The van der Waals surface area contributed by atoms with Gasteiger partial charge in [0.15, 0.2) is 15.8 Å². The lowest BCUT2D eigenvalue weighted by Crippen LogP contribution is -2.42. The third-order valence-corrected chi connectivity index (χ3v) is 5.99. The fourth-order valence-corrected chi connectivity index (χ4v) is 4.14. The van der Waals surface area contributed by atoms with Gasteiger partial charge in [-0.05, 0) is 24.6 Å². The van der Waals surface area contributed by atoms with E-state index in [1.54, 1.807) is 12.1 Å². The van der Waals surface area contributed by atoms with Crippen LogP contribution in [0.25, 0.3) is 0 Å². The van der Waals surface area contributed by atoms with Crippen LogP contribution in [0.5, 0.6) is 5.75 Å². The van der Waals surface area contributed by atoms with E-state index < -0.39 is 16.4 Å². The van der Waals surface area contributed by atoms with Crippen LogP contribution in [-0.4, -0.2) is 82.1 Å². The van der Waals surface area contributed by atoms with E-state index in [4.69, 9.17) is 0 Å². The fourth-order valence-electron chi connectivity index (χ4n) is 2.87. The molecule has 0 bridgehead atoms. The summed E-state index contributed by atoms with van der Waals surface area (Å²) >= 11 is 0. The Labute approximate surface area is 188 Å². The van der Waals surface area contributed by atoms with Crippen molar-refractivity contribution in [3.8, 4) is 5.75 Å². The van der Waals surface area contributed by atoms with Crippen molar-refractivity contribution in [1.29, 1.82) is 0 Å². The molecule has 0 radical (unpaired) electrons. The summed E-state index contributed by atoms with van der Waals surface area (Å²) in [6.45, 7) is 2.80. The van der Waals surface area contributed by atoms with Gasteiger partial charge in [-0.3, -0.25) is 9.89 Å². The molecule has 1 aliphatic rings. The minimum atomic E-state index is -2.87. The van der Waals surface area contributed by atoms with Crippen molar-refractivity contribution in [1.82, 2.24) is 15.1 Å². The van der Waals surface area contributed by atoms with Crippen LogP contribution in [0.15, 0.2) is 29.3 Å². The zero-order valence-corrected chi connectivity index (χ0v) is 19.8. The third kappa shape index (κ3) is 9.43. The fraction of sp³-hybridized carbons (Fsp3) is 0.611. The highest BCUT2D eigenvalue weighted by molar-refractivity contribution is 14.0. The van der Waals surface area contributed by atoms with E-state index in [0.29, 0.717) is 39.3 Å². The number of ether oxygens (including phenoxy) is 1. The van der Waals surface area contributed by atoms with Gasteiger partial charge in [0.25, 0.3) is 0 Å². The van der Waals surface area contributed by atoms with Gasteiger partial charge in [0.05, 0.1) is 18.1 Å². The van der Waals surface area contributed by atoms with Gasteiger partial charge >= 0.3 is 6.61 Å². The Bertz CT molecular complexity index is 734. The summed E-state index contributed by atoms with van der Waals surface area (Å²) < 4.78 is 51.8. The van der Waals surface area contributed by atoms with Gasteiger partial charge < -0.3 is 15.0 Å². The van der Waals surface area contributed by atoms with Gasteiger partial charge in [-0.25, -0.2) is 8.42 Å². The number of hydrogen-bond acceptors (Lipinski definition) is 5. The molecule has 0 aromatic heterocycles. The van der Waals surface area contributed by atoms with Crippen molar-refractivity contribution in [2.75, 3.05) is 51.3 Å². The minimum absolute atomic E-state index is 0. The van der Waals surface area contributed by atoms with Crippen LogP contribution in [0.3, 0.4) is 0 Å². The summed E-state index contributed by atoms with van der Waals surface area (Å²) in [5.41, 5.74) is 0.941. The van der Waals surface area contributed by atoms with Crippen LogP contribution in [0.4, 0.5) is 8.78 Å². The number of nitrogens with zero attached hydrogens (tertiary/aromatic N) is 3. The molecule has 0 saturated carbocycles. The Morgan fingerprint density at radius 2 is 1.90 bits per heavy atom. The Morgan fingerprint density at radius 3 is 2.45 bits per heavy atom. The number of sulfone groups is 1. The molecule has 0 atom stereocenters. The number of guanidine groups is 1. The highest BCUT2D eigenvalue weighted by atomic mass is 127. The van der Waals surface area contributed by atoms with E-state index >= 15 is 0 Å². The quantitative estimate of drug-likeness (QED) is 0.306. The summed E-state index contributed by atoms with van der Waals surface area (Å²) in [5, 5.41) is 3.23. The smallest absolute Gasteiger partial charge is 0.387 e. The first-order chi connectivity index (χ1) is 13.3. The number of hydrogen-bond donors (Lipinski definition) is 1. The third-order valence-electron chi connectivity index (χ3n) is 4.38.